The van der Waals surface area contributed by atoms with Crippen LogP contribution in [0.4, 0.5) is 8.78 Å². The van der Waals surface area contributed by atoms with Crippen LogP contribution in [0.5, 0.6) is 0 Å². The second-order valence-corrected chi connectivity index (χ2v) is 7.60. The first kappa shape index (κ1) is 19.7. The smallest absolute Gasteiger partial charge is 0.280 e. The molecular weight excluding hydrogens is 423 g/mol. The largest absolute Gasteiger partial charge is 0.338 e. The van der Waals surface area contributed by atoms with E-state index in [1.165, 1.54) is 16.9 Å². The zero-order valence-corrected chi connectivity index (χ0v) is 16.7. The van der Waals surface area contributed by atoms with Gasteiger partial charge >= 0.3 is 0 Å². The van der Waals surface area contributed by atoms with Crippen LogP contribution in [0.15, 0.2) is 36.2 Å². The number of alkyl halides is 2. The molecule has 10 heteroatoms. The molecule has 4 rings (SSSR count). The third-order valence-electron chi connectivity index (χ3n) is 4.91. The van der Waals surface area contributed by atoms with Crippen molar-refractivity contribution in [2.45, 2.75) is 25.3 Å². The number of hydrogen-bond donors (Lipinski definition) is 0. The highest BCUT2D eigenvalue weighted by Gasteiger charge is 2.30. The van der Waals surface area contributed by atoms with Crippen molar-refractivity contribution >= 4 is 41.0 Å². The Morgan fingerprint density at radius 3 is 2.72 bits per heavy atom. The minimum atomic E-state index is -2.70. The maximum Gasteiger partial charge on any atom is 0.280 e. The molecule has 1 aromatic carbocycles. The van der Waals surface area contributed by atoms with Crippen molar-refractivity contribution in [3.63, 3.8) is 0 Å². The SMILES string of the molecule is CN(C(=O)c1ccc(Cl)c(Cl)c1)C1CC(=Cc2cc(C(F)F)nc3ncnn23)C1. The summed E-state index contributed by atoms with van der Waals surface area (Å²) < 4.78 is 27.6. The molecule has 1 saturated carbocycles. The third-order valence-corrected chi connectivity index (χ3v) is 5.64. The number of rotatable bonds is 4. The highest BCUT2D eigenvalue weighted by atomic mass is 35.5. The molecule has 0 atom stereocenters. The number of benzene rings is 1. The van der Waals surface area contributed by atoms with Crippen molar-refractivity contribution in [3.8, 4) is 0 Å². The lowest BCUT2D eigenvalue weighted by molar-refractivity contribution is 0.0699. The first-order chi connectivity index (χ1) is 13.8. The van der Waals surface area contributed by atoms with E-state index < -0.39 is 6.43 Å². The quantitative estimate of drug-likeness (QED) is 0.593. The van der Waals surface area contributed by atoms with E-state index in [2.05, 4.69) is 15.1 Å². The van der Waals surface area contributed by atoms with E-state index in [-0.39, 0.29) is 23.4 Å². The van der Waals surface area contributed by atoms with Gasteiger partial charge in [0.2, 0.25) is 0 Å². The minimum absolute atomic E-state index is 0.00541. The number of carbonyl (C=O) groups excluding carboxylic acids is 1. The highest BCUT2D eigenvalue weighted by Crippen LogP contribution is 2.33. The van der Waals surface area contributed by atoms with Crippen molar-refractivity contribution in [2.24, 2.45) is 0 Å². The summed E-state index contributed by atoms with van der Waals surface area (Å²) >= 11 is 11.9. The Bertz CT molecular complexity index is 1120. The molecule has 0 spiro atoms. The van der Waals surface area contributed by atoms with E-state index in [0.29, 0.717) is 34.1 Å². The van der Waals surface area contributed by atoms with Crippen LogP contribution in [0, 0.1) is 0 Å². The molecule has 29 heavy (non-hydrogen) atoms. The summed E-state index contributed by atoms with van der Waals surface area (Å²) in [7, 11) is 1.73. The first-order valence-electron chi connectivity index (χ1n) is 8.74. The summed E-state index contributed by atoms with van der Waals surface area (Å²) in [5.41, 5.74) is 1.61. The zero-order chi connectivity index (χ0) is 20.7. The van der Waals surface area contributed by atoms with Gasteiger partial charge in [-0.15, -0.1) is 0 Å². The Morgan fingerprint density at radius 1 is 1.28 bits per heavy atom. The van der Waals surface area contributed by atoms with Gasteiger partial charge in [0, 0.05) is 18.7 Å². The number of halogens is 4. The van der Waals surface area contributed by atoms with E-state index in [1.54, 1.807) is 36.2 Å². The molecule has 1 fully saturated rings. The molecule has 0 saturated heterocycles. The molecule has 0 bridgehead atoms. The van der Waals surface area contributed by atoms with Gasteiger partial charge in [-0.1, -0.05) is 28.8 Å². The number of nitrogens with zero attached hydrogens (tertiary/aromatic N) is 5. The number of hydrogen-bond acceptors (Lipinski definition) is 4. The lowest BCUT2D eigenvalue weighted by atomic mass is 9.84. The fourth-order valence-corrected chi connectivity index (χ4v) is 3.51. The van der Waals surface area contributed by atoms with Crippen molar-refractivity contribution in [3.05, 3.63) is 63.2 Å². The summed E-state index contributed by atoms with van der Waals surface area (Å²) in [4.78, 5) is 22.0. The number of carbonyl (C=O) groups is 1. The fourth-order valence-electron chi connectivity index (χ4n) is 3.21. The van der Waals surface area contributed by atoms with Crippen LogP contribution in [0.2, 0.25) is 10.0 Å². The molecule has 6 nitrogen and oxygen atoms in total. The summed E-state index contributed by atoms with van der Waals surface area (Å²) in [6.07, 6.45) is 1.63. The average molecular weight is 438 g/mol. The Morgan fingerprint density at radius 2 is 2.03 bits per heavy atom. The molecule has 0 aliphatic heterocycles. The number of amides is 1. The third kappa shape index (κ3) is 3.82. The zero-order valence-electron chi connectivity index (χ0n) is 15.2. The van der Waals surface area contributed by atoms with Gasteiger partial charge in [-0.25, -0.2) is 13.8 Å². The molecule has 0 unspecified atom stereocenters. The van der Waals surface area contributed by atoms with E-state index in [0.717, 1.165) is 5.57 Å². The van der Waals surface area contributed by atoms with Gasteiger partial charge in [-0.2, -0.15) is 14.6 Å². The average Bonchev–Trinajstić information content (AvgIpc) is 3.14. The topological polar surface area (TPSA) is 63.4 Å². The molecule has 1 amide bonds. The molecular formula is C19H15Cl2F2N5O. The summed E-state index contributed by atoms with van der Waals surface area (Å²) in [6.45, 7) is 0. The van der Waals surface area contributed by atoms with Crippen LogP contribution in [0.25, 0.3) is 11.9 Å². The Kier molecular flexibility index (Phi) is 5.23. The molecule has 0 radical (unpaired) electrons. The summed E-state index contributed by atoms with van der Waals surface area (Å²) in [5.74, 6) is -0.0346. The predicted octanol–water partition coefficient (Wildman–Crippen LogP) is 4.69. The monoisotopic (exact) mass is 437 g/mol. The van der Waals surface area contributed by atoms with E-state index in [4.69, 9.17) is 23.2 Å². The van der Waals surface area contributed by atoms with Crippen LogP contribution in [0.1, 0.15) is 41.0 Å². The lowest BCUT2D eigenvalue weighted by Gasteiger charge is -2.37. The van der Waals surface area contributed by atoms with Crippen LogP contribution >= 0.6 is 23.2 Å². The van der Waals surface area contributed by atoms with E-state index in [9.17, 15) is 13.6 Å². The lowest BCUT2D eigenvalue weighted by Crippen LogP contribution is -2.42. The second kappa shape index (κ2) is 7.68. The van der Waals surface area contributed by atoms with Crippen LogP contribution in [0.3, 0.4) is 0 Å². The maximum absolute atomic E-state index is 13.1. The van der Waals surface area contributed by atoms with E-state index in [1.807, 2.05) is 0 Å². The van der Waals surface area contributed by atoms with Gasteiger partial charge in [0.15, 0.2) is 0 Å². The maximum atomic E-state index is 13.1. The number of fused-ring (bicyclic) bond motifs is 1. The van der Waals surface area contributed by atoms with E-state index >= 15 is 0 Å². The molecule has 1 aliphatic carbocycles. The molecule has 150 valence electrons. The van der Waals surface area contributed by atoms with Gasteiger partial charge in [0.1, 0.15) is 12.0 Å². The molecule has 1 aliphatic rings. The molecule has 3 aromatic rings. The van der Waals surface area contributed by atoms with Crippen molar-refractivity contribution in [1.29, 1.82) is 0 Å². The minimum Gasteiger partial charge on any atom is -0.338 e. The van der Waals surface area contributed by atoms with Gasteiger partial charge in [-0.3, -0.25) is 4.79 Å². The predicted molar refractivity (Wildman–Crippen MR) is 105 cm³/mol. The first-order valence-corrected chi connectivity index (χ1v) is 9.49. The standard InChI is InChI=1S/C19H15Cl2F2N5O/c1-27(18(29)11-2-3-14(20)15(21)7-11)12-4-10(5-12)6-13-8-16(17(22)23)26-19-24-9-25-28(13)19/h2-3,6-9,12,17H,4-5H2,1H3. The van der Waals surface area contributed by atoms with Crippen LogP contribution in [-0.2, 0) is 0 Å². The van der Waals surface area contributed by atoms with Crippen LogP contribution in [-0.4, -0.2) is 43.5 Å². The Labute approximate surface area is 174 Å². The highest BCUT2D eigenvalue weighted by molar-refractivity contribution is 6.42. The van der Waals surface area contributed by atoms with Gasteiger partial charge in [0.05, 0.1) is 15.7 Å². The molecule has 0 N–H and O–H groups in total. The molecule has 2 aromatic heterocycles. The Balaban J connectivity index is 1.50. The fraction of sp³-hybridized carbons (Fsp3) is 0.263. The van der Waals surface area contributed by atoms with Crippen molar-refractivity contribution in [1.82, 2.24) is 24.5 Å². The van der Waals surface area contributed by atoms with Crippen molar-refractivity contribution in [2.75, 3.05) is 7.05 Å². The molecule has 2 heterocycles. The van der Waals surface area contributed by atoms with Gasteiger partial charge < -0.3 is 4.90 Å². The summed E-state index contributed by atoms with van der Waals surface area (Å²) in [5, 5.41) is 4.75. The summed E-state index contributed by atoms with van der Waals surface area (Å²) in [6, 6.07) is 6.07. The Hall–Kier alpha value is -2.58. The number of aromatic nitrogens is 4. The van der Waals surface area contributed by atoms with Gasteiger partial charge in [0.25, 0.3) is 18.1 Å². The van der Waals surface area contributed by atoms with Crippen molar-refractivity contribution < 1.29 is 13.6 Å². The second-order valence-electron chi connectivity index (χ2n) is 6.79. The normalized spacial score (nSPS) is 16.2. The van der Waals surface area contributed by atoms with Crippen LogP contribution < -0.4 is 0 Å². The van der Waals surface area contributed by atoms with Gasteiger partial charge in [-0.05, 0) is 43.2 Å².